The minimum absolute atomic E-state index is 0.316. The standard InChI is InChI=1S/C14H16N4O2S/c1-19-11-8-12(20-2)17-13(16-11)18-14(21)15-9-10-6-4-3-5-7-10/h3-8H,9H2,1-2H3,(H2,15,16,17,18,21). The van der Waals surface area contributed by atoms with Gasteiger partial charge >= 0.3 is 0 Å². The summed E-state index contributed by atoms with van der Waals surface area (Å²) in [5, 5.41) is 6.41. The van der Waals surface area contributed by atoms with Gasteiger partial charge in [0.1, 0.15) is 0 Å². The van der Waals surface area contributed by atoms with E-state index >= 15 is 0 Å². The van der Waals surface area contributed by atoms with E-state index in [-0.39, 0.29) is 0 Å². The van der Waals surface area contributed by atoms with Gasteiger partial charge in [-0.15, -0.1) is 0 Å². The van der Waals surface area contributed by atoms with Crippen molar-refractivity contribution < 1.29 is 9.47 Å². The highest BCUT2D eigenvalue weighted by Crippen LogP contribution is 2.17. The molecule has 6 nitrogen and oxygen atoms in total. The molecule has 7 heteroatoms. The van der Waals surface area contributed by atoms with Crippen LogP contribution in [0, 0.1) is 0 Å². The maximum atomic E-state index is 5.21. The lowest BCUT2D eigenvalue weighted by Crippen LogP contribution is -2.28. The zero-order valence-electron chi connectivity index (χ0n) is 11.8. The van der Waals surface area contributed by atoms with Crippen LogP contribution in [0.3, 0.4) is 0 Å². The fourth-order valence-corrected chi connectivity index (χ4v) is 1.76. The molecule has 0 bridgehead atoms. The van der Waals surface area contributed by atoms with Crippen LogP contribution >= 0.6 is 12.2 Å². The predicted octanol–water partition coefficient (Wildman–Crippen LogP) is 1.98. The van der Waals surface area contributed by atoms with Crippen molar-refractivity contribution in [3.8, 4) is 11.8 Å². The molecule has 0 aliphatic heterocycles. The Morgan fingerprint density at radius 3 is 2.29 bits per heavy atom. The van der Waals surface area contributed by atoms with Crippen molar-refractivity contribution >= 4 is 23.3 Å². The number of ether oxygens (including phenoxy) is 2. The number of nitrogens with one attached hydrogen (secondary N) is 2. The Hall–Kier alpha value is -2.41. The maximum absolute atomic E-state index is 5.21. The van der Waals surface area contributed by atoms with E-state index < -0.39 is 0 Å². The van der Waals surface area contributed by atoms with Gasteiger partial charge < -0.3 is 20.1 Å². The second-order valence-electron chi connectivity index (χ2n) is 4.07. The zero-order valence-corrected chi connectivity index (χ0v) is 12.6. The Balaban J connectivity index is 1.96. The third-order valence-corrected chi connectivity index (χ3v) is 2.87. The maximum Gasteiger partial charge on any atom is 0.235 e. The van der Waals surface area contributed by atoms with E-state index in [0.717, 1.165) is 5.56 Å². The first-order valence-electron chi connectivity index (χ1n) is 6.27. The summed E-state index contributed by atoms with van der Waals surface area (Å²) in [6, 6.07) is 11.5. The van der Waals surface area contributed by atoms with Crippen LogP contribution in [0.4, 0.5) is 5.95 Å². The number of aromatic nitrogens is 2. The summed E-state index contributed by atoms with van der Waals surface area (Å²) >= 11 is 5.21. The van der Waals surface area contributed by atoms with Crippen molar-refractivity contribution in [1.29, 1.82) is 0 Å². The van der Waals surface area contributed by atoms with Gasteiger partial charge in [-0.25, -0.2) is 0 Å². The molecule has 0 unspecified atom stereocenters. The van der Waals surface area contributed by atoms with Crippen molar-refractivity contribution in [3.63, 3.8) is 0 Å². The molecule has 21 heavy (non-hydrogen) atoms. The van der Waals surface area contributed by atoms with Crippen LogP contribution in [0.5, 0.6) is 11.8 Å². The molecule has 0 aliphatic rings. The quantitative estimate of drug-likeness (QED) is 0.819. The first kappa shape index (κ1) is 15.0. The fraction of sp³-hybridized carbons (Fsp3) is 0.214. The molecular weight excluding hydrogens is 288 g/mol. The Bertz CT molecular complexity index is 585. The molecular formula is C14H16N4O2S. The molecule has 1 aromatic carbocycles. The van der Waals surface area contributed by atoms with Gasteiger partial charge in [0.25, 0.3) is 0 Å². The van der Waals surface area contributed by atoms with Crippen LogP contribution in [-0.4, -0.2) is 29.3 Å². The molecule has 0 aliphatic carbocycles. The van der Waals surface area contributed by atoms with Gasteiger partial charge in [-0.05, 0) is 17.8 Å². The second-order valence-corrected chi connectivity index (χ2v) is 4.48. The molecule has 1 heterocycles. The molecule has 2 N–H and O–H groups in total. The van der Waals surface area contributed by atoms with Crippen molar-refractivity contribution in [3.05, 3.63) is 42.0 Å². The summed E-state index contributed by atoms with van der Waals surface area (Å²) in [5.74, 6) is 1.11. The Morgan fingerprint density at radius 1 is 1.10 bits per heavy atom. The largest absolute Gasteiger partial charge is 0.481 e. The summed E-state index contributed by atoms with van der Waals surface area (Å²) in [5.41, 5.74) is 1.13. The van der Waals surface area contributed by atoms with Crippen LogP contribution in [0.2, 0.25) is 0 Å². The van der Waals surface area contributed by atoms with Gasteiger partial charge in [0.05, 0.1) is 20.3 Å². The summed E-state index contributed by atoms with van der Waals surface area (Å²) in [6.45, 7) is 0.619. The average Bonchev–Trinajstić information content (AvgIpc) is 2.53. The minimum atomic E-state index is 0.316. The number of hydrogen-bond acceptors (Lipinski definition) is 5. The molecule has 0 amide bonds. The van der Waals surface area contributed by atoms with E-state index in [2.05, 4.69) is 20.6 Å². The molecule has 110 valence electrons. The molecule has 0 saturated heterocycles. The Morgan fingerprint density at radius 2 is 1.71 bits per heavy atom. The first-order chi connectivity index (χ1) is 10.2. The topological polar surface area (TPSA) is 68.3 Å². The average molecular weight is 304 g/mol. The lowest BCUT2D eigenvalue weighted by atomic mass is 10.2. The van der Waals surface area contributed by atoms with Crippen molar-refractivity contribution in [2.24, 2.45) is 0 Å². The number of rotatable bonds is 5. The SMILES string of the molecule is COc1cc(OC)nc(NC(=S)NCc2ccccc2)n1. The van der Waals surface area contributed by atoms with Crippen molar-refractivity contribution in [2.75, 3.05) is 19.5 Å². The lowest BCUT2D eigenvalue weighted by Gasteiger charge is -2.11. The van der Waals surface area contributed by atoms with Gasteiger partial charge in [-0.2, -0.15) is 9.97 Å². The smallest absolute Gasteiger partial charge is 0.235 e. The third kappa shape index (κ3) is 4.57. The molecule has 0 atom stereocenters. The highest BCUT2D eigenvalue weighted by molar-refractivity contribution is 7.80. The van der Waals surface area contributed by atoms with Gasteiger partial charge in [0, 0.05) is 6.54 Å². The number of nitrogens with zero attached hydrogens (tertiary/aromatic N) is 2. The third-order valence-electron chi connectivity index (χ3n) is 2.62. The number of hydrogen-bond donors (Lipinski definition) is 2. The van der Waals surface area contributed by atoms with E-state index in [1.165, 1.54) is 14.2 Å². The molecule has 0 saturated carbocycles. The van der Waals surface area contributed by atoms with Crippen LogP contribution in [-0.2, 0) is 6.54 Å². The molecule has 2 aromatic rings. The molecule has 0 fully saturated rings. The minimum Gasteiger partial charge on any atom is -0.481 e. The first-order valence-corrected chi connectivity index (χ1v) is 6.68. The summed E-state index contributed by atoms with van der Waals surface area (Å²) in [7, 11) is 3.05. The highest BCUT2D eigenvalue weighted by atomic mass is 32.1. The summed E-state index contributed by atoms with van der Waals surface area (Å²) in [4.78, 5) is 8.29. The van der Waals surface area contributed by atoms with Gasteiger partial charge in [-0.3, -0.25) is 0 Å². The lowest BCUT2D eigenvalue weighted by molar-refractivity contribution is 0.373. The van der Waals surface area contributed by atoms with Crippen molar-refractivity contribution in [1.82, 2.24) is 15.3 Å². The number of benzene rings is 1. The van der Waals surface area contributed by atoms with Crippen LogP contribution < -0.4 is 20.1 Å². The van der Waals surface area contributed by atoms with E-state index in [0.29, 0.717) is 29.4 Å². The van der Waals surface area contributed by atoms with Gasteiger partial charge in [-0.1, -0.05) is 30.3 Å². The van der Waals surface area contributed by atoms with E-state index in [4.69, 9.17) is 21.7 Å². The molecule has 2 rings (SSSR count). The normalized spacial score (nSPS) is 9.81. The summed E-state index contributed by atoms with van der Waals surface area (Å²) in [6.07, 6.45) is 0. The Labute approximate surface area is 128 Å². The Kier molecular flexibility index (Phi) is 5.28. The van der Waals surface area contributed by atoms with Crippen LogP contribution in [0.25, 0.3) is 0 Å². The van der Waals surface area contributed by atoms with E-state index in [9.17, 15) is 0 Å². The second kappa shape index (κ2) is 7.39. The predicted molar refractivity (Wildman–Crippen MR) is 84.6 cm³/mol. The number of methoxy groups -OCH3 is 2. The number of thiocarbonyl (C=S) groups is 1. The monoisotopic (exact) mass is 304 g/mol. The van der Waals surface area contributed by atoms with Crippen LogP contribution in [0.15, 0.2) is 36.4 Å². The summed E-state index contributed by atoms with van der Waals surface area (Å²) < 4.78 is 10.1. The van der Waals surface area contributed by atoms with Crippen LogP contribution in [0.1, 0.15) is 5.56 Å². The van der Waals surface area contributed by atoms with Gasteiger partial charge in [0.15, 0.2) is 5.11 Å². The van der Waals surface area contributed by atoms with Gasteiger partial charge in [0.2, 0.25) is 17.7 Å². The molecule has 0 spiro atoms. The van der Waals surface area contributed by atoms with Crippen molar-refractivity contribution in [2.45, 2.75) is 6.54 Å². The molecule has 1 aromatic heterocycles. The zero-order chi connectivity index (χ0) is 15.1. The highest BCUT2D eigenvalue weighted by Gasteiger charge is 2.06. The van der Waals surface area contributed by atoms with E-state index in [1.807, 2.05) is 30.3 Å². The number of anilines is 1. The van der Waals surface area contributed by atoms with E-state index in [1.54, 1.807) is 6.07 Å². The molecule has 0 radical (unpaired) electrons. The fourth-order valence-electron chi connectivity index (χ4n) is 1.59.